The Labute approximate surface area is 95.6 Å². The zero-order valence-electron chi connectivity index (χ0n) is 9.27. The highest BCUT2D eigenvalue weighted by Gasteiger charge is 2.14. The van der Waals surface area contributed by atoms with Gasteiger partial charge in [-0.3, -0.25) is 4.79 Å². The quantitative estimate of drug-likeness (QED) is 0.446. The molecule has 7 heteroatoms. The number of carbonyl (C=O) groups is 2. The first kappa shape index (κ1) is 12.8. The molecule has 1 aromatic heterocycles. The van der Waals surface area contributed by atoms with E-state index < -0.39 is 17.8 Å². The van der Waals surface area contributed by atoms with Gasteiger partial charge in [0.05, 0.1) is 0 Å². The fraction of sp³-hybridized carbons (Fsp3) is 0.300. The van der Waals surface area contributed by atoms with Crippen molar-refractivity contribution in [3.05, 3.63) is 34.5 Å². The lowest BCUT2D eigenvalue weighted by Gasteiger charge is -2.04. The van der Waals surface area contributed by atoms with Crippen molar-refractivity contribution in [3.63, 3.8) is 0 Å². The normalized spacial score (nSPS) is 9.76. The first-order valence-corrected chi connectivity index (χ1v) is 4.54. The molecule has 0 aliphatic heterocycles. The highest BCUT2D eigenvalue weighted by atomic mass is 16.7. The molecule has 1 rings (SSSR count). The van der Waals surface area contributed by atoms with E-state index in [1.807, 2.05) is 0 Å². The van der Waals surface area contributed by atoms with Crippen LogP contribution in [0.3, 0.4) is 0 Å². The number of hydrogen-bond acceptors (Lipinski definition) is 7. The van der Waals surface area contributed by atoms with E-state index in [2.05, 4.69) is 24.9 Å². The van der Waals surface area contributed by atoms with Gasteiger partial charge in [0.2, 0.25) is 0 Å². The first-order chi connectivity index (χ1) is 7.90. The molecule has 1 aromatic rings. The molecule has 0 radical (unpaired) electrons. The Bertz CT molecular complexity index is 505. The molecule has 0 spiro atoms. The fourth-order valence-electron chi connectivity index (χ4n) is 0.833. The standard InChI is InChI=1S/C10H10O7/c1-5(11)6(2)15-9(12)14-4-8-7(3)16-10(13)17-8/h2,4H2,1,3H3. The lowest BCUT2D eigenvalue weighted by atomic mass is 10.4. The van der Waals surface area contributed by atoms with E-state index in [1.165, 1.54) is 13.8 Å². The second kappa shape index (κ2) is 5.15. The van der Waals surface area contributed by atoms with E-state index in [1.54, 1.807) is 0 Å². The summed E-state index contributed by atoms with van der Waals surface area (Å²) in [4.78, 5) is 32.4. The molecule has 0 saturated carbocycles. The molecule has 0 fully saturated rings. The SMILES string of the molecule is C=C(OC(=O)OCc1oc(=O)oc1C)C(C)=O. The highest BCUT2D eigenvalue weighted by molar-refractivity contribution is 5.92. The number of ketones is 1. The summed E-state index contributed by atoms with van der Waals surface area (Å²) in [6, 6.07) is 0. The summed E-state index contributed by atoms with van der Waals surface area (Å²) in [6.45, 7) is 5.54. The van der Waals surface area contributed by atoms with Gasteiger partial charge in [-0.1, -0.05) is 6.58 Å². The monoisotopic (exact) mass is 242 g/mol. The van der Waals surface area contributed by atoms with Crippen LogP contribution >= 0.6 is 0 Å². The van der Waals surface area contributed by atoms with Gasteiger partial charge in [0.1, 0.15) is 0 Å². The van der Waals surface area contributed by atoms with E-state index in [0.717, 1.165) is 0 Å². The van der Waals surface area contributed by atoms with Crippen molar-refractivity contribution in [2.45, 2.75) is 20.5 Å². The number of ether oxygens (including phenoxy) is 2. The molecule has 92 valence electrons. The Morgan fingerprint density at radius 2 is 2.00 bits per heavy atom. The van der Waals surface area contributed by atoms with Crippen LogP contribution in [-0.2, 0) is 20.9 Å². The maximum absolute atomic E-state index is 11.0. The van der Waals surface area contributed by atoms with Crippen LogP contribution in [0.15, 0.2) is 26.0 Å². The van der Waals surface area contributed by atoms with Gasteiger partial charge in [0, 0.05) is 6.92 Å². The lowest BCUT2D eigenvalue weighted by Crippen LogP contribution is -2.10. The molecule has 17 heavy (non-hydrogen) atoms. The van der Waals surface area contributed by atoms with E-state index in [4.69, 9.17) is 0 Å². The number of hydrogen-bond donors (Lipinski definition) is 0. The Kier molecular flexibility index (Phi) is 3.86. The summed E-state index contributed by atoms with van der Waals surface area (Å²) in [7, 11) is 0. The maximum Gasteiger partial charge on any atom is 0.519 e. The molecule has 0 aliphatic rings. The molecule has 0 amide bonds. The summed E-state index contributed by atoms with van der Waals surface area (Å²) in [6.07, 6.45) is -1.12. The van der Waals surface area contributed by atoms with Crippen LogP contribution < -0.4 is 5.82 Å². The molecule has 0 bridgehead atoms. The summed E-state index contributed by atoms with van der Waals surface area (Å²) in [5.41, 5.74) is 0. The Morgan fingerprint density at radius 1 is 1.35 bits per heavy atom. The third kappa shape index (κ3) is 3.63. The van der Waals surface area contributed by atoms with E-state index in [9.17, 15) is 14.4 Å². The van der Waals surface area contributed by atoms with Crippen molar-refractivity contribution in [2.24, 2.45) is 0 Å². The van der Waals surface area contributed by atoms with Gasteiger partial charge in [-0.2, -0.15) is 0 Å². The van der Waals surface area contributed by atoms with Gasteiger partial charge in [-0.15, -0.1) is 0 Å². The number of Topliss-reactive ketones (excluding diaryl/α,β-unsaturated/α-hetero) is 1. The van der Waals surface area contributed by atoms with Crippen LogP contribution in [0.2, 0.25) is 0 Å². The molecule has 1 heterocycles. The molecular weight excluding hydrogens is 232 g/mol. The van der Waals surface area contributed by atoms with Gasteiger partial charge in [-0.25, -0.2) is 9.59 Å². The zero-order valence-corrected chi connectivity index (χ0v) is 9.27. The minimum absolute atomic E-state index is 0.0698. The Hall–Kier alpha value is -2.31. The van der Waals surface area contributed by atoms with Crippen molar-refractivity contribution in [3.8, 4) is 0 Å². The Morgan fingerprint density at radius 3 is 2.47 bits per heavy atom. The number of allylic oxidation sites excluding steroid dienone is 1. The second-order valence-electron chi connectivity index (χ2n) is 3.05. The van der Waals surface area contributed by atoms with Gasteiger partial charge < -0.3 is 18.3 Å². The molecule has 0 saturated heterocycles. The topological polar surface area (TPSA) is 96.0 Å². The molecule has 0 aromatic carbocycles. The number of rotatable bonds is 4. The van der Waals surface area contributed by atoms with Crippen LogP contribution in [0, 0.1) is 6.92 Å². The average molecular weight is 242 g/mol. The predicted octanol–water partition coefficient (Wildman–Crippen LogP) is 1.30. The third-order valence-corrected chi connectivity index (χ3v) is 1.76. The van der Waals surface area contributed by atoms with Crippen LogP contribution in [-0.4, -0.2) is 11.9 Å². The highest BCUT2D eigenvalue weighted by Crippen LogP contribution is 2.07. The molecule has 0 atom stereocenters. The van der Waals surface area contributed by atoms with Gasteiger partial charge in [0.25, 0.3) is 0 Å². The third-order valence-electron chi connectivity index (χ3n) is 1.76. The van der Waals surface area contributed by atoms with Crippen LogP contribution in [0.25, 0.3) is 0 Å². The summed E-state index contributed by atoms with van der Waals surface area (Å²) >= 11 is 0. The van der Waals surface area contributed by atoms with Crippen molar-refractivity contribution < 1.29 is 27.9 Å². The summed E-state index contributed by atoms with van der Waals surface area (Å²) < 4.78 is 18.1. The van der Waals surface area contributed by atoms with E-state index in [-0.39, 0.29) is 23.9 Å². The van der Waals surface area contributed by atoms with Crippen LogP contribution in [0.4, 0.5) is 4.79 Å². The maximum atomic E-state index is 11.0. The average Bonchev–Trinajstić information content (AvgIpc) is 2.54. The Balaban J connectivity index is 2.49. The van der Waals surface area contributed by atoms with Crippen molar-refractivity contribution in [1.29, 1.82) is 0 Å². The lowest BCUT2D eigenvalue weighted by molar-refractivity contribution is -0.116. The summed E-state index contributed by atoms with van der Waals surface area (Å²) in [5, 5.41) is 0. The first-order valence-electron chi connectivity index (χ1n) is 4.54. The van der Waals surface area contributed by atoms with Crippen molar-refractivity contribution >= 4 is 11.9 Å². The second-order valence-corrected chi connectivity index (χ2v) is 3.05. The minimum atomic E-state index is -1.12. The van der Waals surface area contributed by atoms with E-state index in [0.29, 0.717) is 0 Å². The summed E-state index contributed by atoms with van der Waals surface area (Å²) in [5.74, 6) is -1.44. The van der Waals surface area contributed by atoms with E-state index >= 15 is 0 Å². The van der Waals surface area contributed by atoms with Gasteiger partial charge >= 0.3 is 12.0 Å². The largest absolute Gasteiger partial charge is 0.519 e. The fourth-order valence-corrected chi connectivity index (χ4v) is 0.833. The number of aryl methyl sites for hydroxylation is 1. The predicted molar refractivity (Wildman–Crippen MR) is 53.1 cm³/mol. The van der Waals surface area contributed by atoms with Crippen molar-refractivity contribution in [1.82, 2.24) is 0 Å². The van der Waals surface area contributed by atoms with Gasteiger partial charge in [-0.05, 0) is 6.92 Å². The van der Waals surface area contributed by atoms with Crippen LogP contribution in [0.1, 0.15) is 18.4 Å². The minimum Gasteiger partial charge on any atom is -0.426 e. The molecule has 0 aliphatic carbocycles. The van der Waals surface area contributed by atoms with Crippen molar-refractivity contribution in [2.75, 3.05) is 0 Å². The van der Waals surface area contributed by atoms with Gasteiger partial charge in [0.15, 0.2) is 29.7 Å². The molecular formula is C10H10O7. The number of carbonyl (C=O) groups excluding carboxylic acids is 2. The molecule has 7 nitrogen and oxygen atoms in total. The smallest absolute Gasteiger partial charge is 0.426 e. The molecule has 0 unspecified atom stereocenters. The zero-order chi connectivity index (χ0) is 13.0. The molecule has 0 N–H and O–H groups in total. The van der Waals surface area contributed by atoms with Crippen LogP contribution in [0.5, 0.6) is 0 Å².